The van der Waals surface area contributed by atoms with Crippen molar-refractivity contribution in [3.63, 3.8) is 0 Å². The normalized spacial score (nSPS) is 18.5. The van der Waals surface area contributed by atoms with Gasteiger partial charge >= 0.3 is 0 Å². The summed E-state index contributed by atoms with van der Waals surface area (Å²) in [6.45, 7) is 6.12. The summed E-state index contributed by atoms with van der Waals surface area (Å²) in [5, 5.41) is 14.3. The molecule has 0 spiro atoms. The van der Waals surface area contributed by atoms with Crippen molar-refractivity contribution in [2.45, 2.75) is 32.8 Å². The van der Waals surface area contributed by atoms with Crippen LogP contribution in [0, 0.1) is 16.0 Å². The van der Waals surface area contributed by atoms with Gasteiger partial charge in [0, 0.05) is 31.0 Å². The molecule has 21 heavy (non-hydrogen) atoms. The van der Waals surface area contributed by atoms with Crippen LogP contribution in [0.15, 0.2) is 18.2 Å². The molecular weight excluding hydrogens is 272 g/mol. The molecule has 0 radical (unpaired) electrons. The largest absolute Gasteiger partial charge is 0.491 e. The molecule has 6 nitrogen and oxygen atoms in total. The van der Waals surface area contributed by atoms with Crippen molar-refractivity contribution in [2.75, 3.05) is 25.1 Å². The number of nitro groups is 1. The van der Waals surface area contributed by atoms with Crippen LogP contribution in [0.5, 0.6) is 5.75 Å². The summed E-state index contributed by atoms with van der Waals surface area (Å²) in [5.41, 5.74) is 0.751. The van der Waals surface area contributed by atoms with E-state index in [0.717, 1.165) is 32.6 Å². The number of rotatable bonds is 6. The van der Waals surface area contributed by atoms with Crippen LogP contribution in [0.2, 0.25) is 0 Å². The molecule has 116 valence electrons. The summed E-state index contributed by atoms with van der Waals surface area (Å²) in [7, 11) is 0. The molecule has 0 bridgehead atoms. The molecule has 1 aliphatic heterocycles. The first-order valence-electron chi connectivity index (χ1n) is 7.32. The molecule has 1 aromatic carbocycles. The fraction of sp³-hybridized carbons (Fsp3) is 0.600. The molecule has 6 heteroatoms. The molecule has 1 fully saturated rings. The molecule has 1 aromatic rings. The Hall–Kier alpha value is -1.82. The lowest BCUT2D eigenvalue weighted by molar-refractivity contribution is -0.384. The third-order valence-electron chi connectivity index (χ3n) is 3.32. The van der Waals surface area contributed by atoms with E-state index in [2.05, 4.69) is 5.32 Å². The van der Waals surface area contributed by atoms with Crippen LogP contribution in [0.4, 0.5) is 11.4 Å². The van der Waals surface area contributed by atoms with Gasteiger partial charge in [-0.1, -0.05) is 0 Å². The van der Waals surface area contributed by atoms with Gasteiger partial charge in [0.25, 0.3) is 5.69 Å². The Morgan fingerprint density at radius 3 is 2.90 bits per heavy atom. The molecule has 0 aliphatic carbocycles. The second-order valence-electron chi connectivity index (χ2n) is 5.60. The minimum atomic E-state index is -0.401. The first-order valence-corrected chi connectivity index (χ1v) is 7.32. The lowest BCUT2D eigenvalue weighted by atomic mass is 10.0. The van der Waals surface area contributed by atoms with E-state index >= 15 is 0 Å². The lowest BCUT2D eigenvalue weighted by Gasteiger charge is -2.22. The SMILES string of the molecule is CC(C)Oc1cc(NCC2CCCOC2)cc([N+](=O)[O-])c1. The van der Waals surface area contributed by atoms with E-state index in [1.165, 1.54) is 12.1 Å². The van der Waals surface area contributed by atoms with Crippen molar-refractivity contribution in [1.29, 1.82) is 0 Å². The zero-order chi connectivity index (χ0) is 15.2. The number of non-ortho nitro benzene ring substituents is 1. The van der Waals surface area contributed by atoms with Crippen molar-refractivity contribution >= 4 is 11.4 Å². The predicted molar refractivity (Wildman–Crippen MR) is 80.9 cm³/mol. The molecular formula is C15H22N2O4. The first-order chi connectivity index (χ1) is 10.0. The molecule has 1 unspecified atom stereocenters. The van der Waals surface area contributed by atoms with Gasteiger partial charge in [0.2, 0.25) is 0 Å². The Morgan fingerprint density at radius 2 is 2.29 bits per heavy atom. The van der Waals surface area contributed by atoms with Gasteiger partial charge in [-0.05, 0) is 32.6 Å². The van der Waals surface area contributed by atoms with Gasteiger partial charge in [0.05, 0.1) is 23.7 Å². The molecule has 1 heterocycles. The van der Waals surface area contributed by atoms with Crippen LogP contribution in [-0.4, -0.2) is 30.8 Å². The van der Waals surface area contributed by atoms with Crippen molar-refractivity contribution in [2.24, 2.45) is 5.92 Å². The summed E-state index contributed by atoms with van der Waals surface area (Å²) in [6, 6.07) is 4.79. The number of anilines is 1. The molecule has 0 saturated carbocycles. The Morgan fingerprint density at radius 1 is 1.48 bits per heavy atom. The van der Waals surface area contributed by atoms with Crippen LogP contribution in [0.3, 0.4) is 0 Å². The smallest absolute Gasteiger partial charge is 0.275 e. The monoisotopic (exact) mass is 294 g/mol. The van der Waals surface area contributed by atoms with E-state index in [1.807, 2.05) is 13.8 Å². The summed E-state index contributed by atoms with van der Waals surface area (Å²) in [5.74, 6) is 0.967. The number of nitrogens with one attached hydrogen (secondary N) is 1. The van der Waals surface area contributed by atoms with Crippen LogP contribution in [0.1, 0.15) is 26.7 Å². The molecule has 1 atom stereocenters. The first kappa shape index (κ1) is 15.6. The average molecular weight is 294 g/mol. The third-order valence-corrected chi connectivity index (χ3v) is 3.32. The minimum absolute atomic E-state index is 0.0217. The standard InChI is InChI=1S/C15H22N2O4/c1-11(2)21-15-7-13(6-14(8-15)17(18)19)16-9-12-4-3-5-20-10-12/h6-8,11-12,16H,3-5,9-10H2,1-2H3. The number of hydrogen-bond donors (Lipinski definition) is 1. The van der Waals surface area contributed by atoms with Crippen LogP contribution in [-0.2, 0) is 4.74 Å². The molecule has 0 aromatic heterocycles. The topological polar surface area (TPSA) is 73.6 Å². The summed E-state index contributed by atoms with van der Waals surface area (Å²) in [6.07, 6.45) is 2.17. The highest BCUT2D eigenvalue weighted by molar-refractivity contribution is 5.56. The van der Waals surface area contributed by atoms with Gasteiger partial charge in [-0.3, -0.25) is 10.1 Å². The fourth-order valence-corrected chi connectivity index (χ4v) is 2.36. The summed E-state index contributed by atoms with van der Waals surface area (Å²) >= 11 is 0. The van der Waals surface area contributed by atoms with E-state index in [4.69, 9.17) is 9.47 Å². The third kappa shape index (κ3) is 4.90. The van der Waals surface area contributed by atoms with Gasteiger partial charge < -0.3 is 14.8 Å². The van der Waals surface area contributed by atoms with Gasteiger partial charge in [-0.15, -0.1) is 0 Å². The van der Waals surface area contributed by atoms with Gasteiger partial charge in [0.1, 0.15) is 5.75 Å². The molecule has 1 saturated heterocycles. The van der Waals surface area contributed by atoms with Crippen LogP contribution >= 0.6 is 0 Å². The summed E-state index contributed by atoms with van der Waals surface area (Å²) in [4.78, 5) is 10.6. The van der Waals surface area contributed by atoms with E-state index in [-0.39, 0.29) is 11.8 Å². The van der Waals surface area contributed by atoms with Crippen LogP contribution < -0.4 is 10.1 Å². The number of ether oxygens (including phenoxy) is 2. The molecule has 2 rings (SSSR count). The Kier molecular flexibility index (Phi) is 5.38. The molecule has 1 N–H and O–H groups in total. The summed E-state index contributed by atoms with van der Waals surface area (Å²) < 4.78 is 11.0. The van der Waals surface area contributed by atoms with E-state index in [9.17, 15) is 10.1 Å². The lowest BCUT2D eigenvalue weighted by Crippen LogP contribution is -2.24. The quantitative estimate of drug-likeness (QED) is 0.644. The van der Waals surface area contributed by atoms with Crippen molar-refractivity contribution in [3.8, 4) is 5.75 Å². The number of benzene rings is 1. The zero-order valence-corrected chi connectivity index (χ0v) is 12.5. The number of nitrogens with zero attached hydrogens (tertiary/aromatic N) is 1. The minimum Gasteiger partial charge on any atom is -0.491 e. The highest BCUT2D eigenvalue weighted by Crippen LogP contribution is 2.27. The van der Waals surface area contributed by atoms with Gasteiger partial charge in [-0.25, -0.2) is 0 Å². The van der Waals surface area contributed by atoms with E-state index < -0.39 is 4.92 Å². The van der Waals surface area contributed by atoms with Gasteiger partial charge in [0.15, 0.2) is 0 Å². The average Bonchev–Trinajstić information content (AvgIpc) is 2.45. The van der Waals surface area contributed by atoms with Crippen molar-refractivity contribution in [3.05, 3.63) is 28.3 Å². The highest BCUT2D eigenvalue weighted by Gasteiger charge is 2.15. The van der Waals surface area contributed by atoms with Crippen molar-refractivity contribution < 1.29 is 14.4 Å². The maximum absolute atomic E-state index is 11.0. The van der Waals surface area contributed by atoms with E-state index in [0.29, 0.717) is 17.4 Å². The predicted octanol–water partition coefficient (Wildman–Crippen LogP) is 3.22. The number of hydrogen-bond acceptors (Lipinski definition) is 5. The highest BCUT2D eigenvalue weighted by atomic mass is 16.6. The second-order valence-corrected chi connectivity index (χ2v) is 5.60. The fourth-order valence-electron chi connectivity index (χ4n) is 2.36. The van der Waals surface area contributed by atoms with Crippen LogP contribution in [0.25, 0.3) is 0 Å². The maximum Gasteiger partial charge on any atom is 0.275 e. The van der Waals surface area contributed by atoms with Crippen molar-refractivity contribution in [1.82, 2.24) is 0 Å². The maximum atomic E-state index is 11.0. The molecule has 0 amide bonds. The Balaban J connectivity index is 2.05. The molecule has 1 aliphatic rings. The second kappa shape index (κ2) is 7.26. The number of nitro benzene ring substituents is 1. The Bertz CT molecular complexity index is 485. The van der Waals surface area contributed by atoms with E-state index in [1.54, 1.807) is 6.07 Å². The van der Waals surface area contributed by atoms with Gasteiger partial charge in [-0.2, -0.15) is 0 Å². The zero-order valence-electron chi connectivity index (χ0n) is 12.5. The Labute approximate surface area is 124 Å².